The van der Waals surface area contributed by atoms with E-state index < -0.39 is 11.5 Å². The fraction of sp³-hybridized carbons (Fsp3) is 0.133. The van der Waals surface area contributed by atoms with Crippen molar-refractivity contribution in [3.05, 3.63) is 123 Å². The van der Waals surface area contributed by atoms with Gasteiger partial charge in [-0.25, -0.2) is 9.07 Å². The molecule has 2 N–H and O–H groups in total. The minimum absolute atomic E-state index is 0.0130. The highest BCUT2D eigenvalue weighted by Gasteiger charge is 2.21. The van der Waals surface area contributed by atoms with E-state index in [-0.39, 0.29) is 30.0 Å². The van der Waals surface area contributed by atoms with Crippen molar-refractivity contribution in [3.8, 4) is 17.5 Å². The fourth-order valence-electron chi connectivity index (χ4n) is 4.08. The van der Waals surface area contributed by atoms with E-state index in [1.165, 1.54) is 29.9 Å². The highest BCUT2D eigenvalue weighted by molar-refractivity contribution is 6.02. The van der Waals surface area contributed by atoms with E-state index in [4.69, 9.17) is 10.00 Å². The minimum Gasteiger partial charge on any atom is -0.497 e. The Morgan fingerprint density at radius 2 is 1.73 bits per heavy atom. The molecular weight excluding hydrogens is 513 g/mol. The lowest BCUT2D eigenvalue weighted by Crippen LogP contribution is -2.34. The number of benzene rings is 3. The second-order valence-corrected chi connectivity index (χ2v) is 8.80. The molecule has 10 heteroatoms. The Balaban J connectivity index is 1.73. The lowest BCUT2D eigenvalue weighted by Gasteiger charge is -2.17. The van der Waals surface area contributed by atoms with Crippen LogP contribution in [0, 0.1) is 17.1 Å². The van der Waals surface area contributed by atoms with Crippen LogP contribution in [0.3, 0.4) is 0 Å². The number of H-pyrrole nitrogens is 1. The van der Waals surface area contributed by atoms with Crippen LogP contribution in [0.5, 0.6) is 5.75 Å². The number of aromatic amines is 1. The smallest absolute Gasteiger partial charge is 0.278 e. The van der Waals surface area contributed by atoms with Gasteiger partial charge in [0.1, 0.15) is 17.3 Å². The van der Waals surface area contributed by atoms with Gasteiger partial charge < -0.3 is 10.1 Å². The molecule has 9 nitrogen and oxygen atoms in total. The highest BCUT2D eigenvalue weighted by Crippen LogP contribution is 2.18. The topological polar surface area (TPSA) is 120 Å². The third kappa shape index (κ3) is 6.16. The van der Waals surface area contributed by atoms with Crippen molar-refractivity contribution in [1.82, 2.24) is 20.0 Å². The Kier molecular flexibility index (Phi) is 8.56. The largest absolute Gasteiger partial charge is 0.497 e. The number of carbonyl (C=O) groups is 2. The Hall–Kier alpha value is -5.43. The molecule has 0 fully saturated rings. The second kappa shape index (κ2) is 12.4. The van der Waals surface area contributed by atoms with Gasteiger partial charge in [0.05, 0.1) is 36.5 Å². The lowest BCUT2D eigenvalue weighted by molar-refractivity contribution is -0.136. The number of aromatic nitrogens is 2. The zero-order chi connectivity index (χ0) is 28.6. The molecule has 0 bridgehead atoms. The van der Waals surface area contributed by atoms with Crippen molar-refractivity contribution in [3.63, 3.8) is 0 Å². The van der Waals surface area contributed by atoms with Crippen LogP contribution in [0.4, 0.5) is 4.39 Å². The maximum absolute atomic E-state index is 13.6. The Bertz CT molecular complexity index is 1630. The summed E-state index contributed by atoms with van der Waals surface area (Å²) < 4.78 is 20.0. The quantitative estimate of drug-likeness (QED) is 0.235. The van der Waals surface area contributed by atoms with E-state index in [0.717, 1.165) is 10.5 Å². The molecule has 0 aliphatic rings. The summed E-state index contributed by atoms with van der Waals surface area (Å²) in [7, 11) is 3.06. The molecule has 40 heavy (non-hydrogen) atoms. The van der Waals surface area contributed by atoms with Crippen LogP contribution < -0.4 is 15.6 Å². The predicted molar refractivity (Wildman–Crippen MR) is 147 cm³/mol. The summed E-state index contributed by atoms with van der Waals surface area (Å²) in [4.78, 5) is 39.8. The Morgan fingerprint density at radius 1 is 1.07 bits per heavy atom. The zero-order valence-electron chi connectivity index (χ0n) is 21.8. The van der Waals surface area contributed by atoms with Gasteiger partial charge in [0.15, 0.2) is 0 Å². The molecule has 3 aromatic carbocycles. The molecule has 0 unspecified atom stereocenters. The number of imide groups is 1. The zero-order valence-corrected chi connectivity index (χ0v) is 21.8. The molecule has 1 aromatic heterocycles. The number of nitrogens with zero attached hydrogens (tertiary/aromatic N) is 3. The third-order valence-electron chi connectivity index (χ3n) is 6.24. The van der Waals surface area contributed by atoms with Gasteiger partial charge in [-0.15, -0.1) is 0 Å². The molecule has 0 saturated carbocycles. The van der Waals surface area contributed by atoms with Crippen molar-refractivity contribution in [2.24, 2.45) is 0 Å². The van der Waals surface area contributed by atoms with E-state index in [2.05, 4.69) is 10.4 Å². The first kappa shape index (κ1) is 27.6. The predicted octanol–water partition coefficient (Wildman–Crippen LogP) is 3.52. The number of halogens is 1. The van der Waals surface area contributed by atoms with Crippen molar-refractivity contribution in [1.29, 1.82) is 5.26 Å². The molecule has 4 aromatic rings. The number of carbonyl (C=O) groups excluding carboxylic acids is 2. The van der Waals surface area contributed by atoms with Gasteiger partial charge in [0.25, 0.3) is 11.5 Å². The number of likely N-dealkylation sites (N-methyl/N-ethyl adjacent to an activating group) is 1. The summed E-state index contributed by atoms with van der Waals surface area (Å²) in [6, 6.07) is 21.3. The van der Waals surface area contributed by atoms with Crippen LogP contribution >= 0.6 is 0 Å². The molecular formula is C30H26FN5O4. The van der Waals surface area contributed by atoms with Crippen LogP contribution in [0.25, 0.3) is 11.8 Å². The molecule has 0 atom stereocenters. The van der Waals surface area contributed by atoms with Gasteiger partial charge in [-0.1, -0.05) is 24.3 Å². The summed E-state index contributed by atoms with van der Waals surface area (Å²) >= 11 is 0. The number of methoxy groups -OCH3 is 1. The summed E-state index contributed by atoms with van der Waals surface area (Å²) in [6.45, 7) is -0.0291. The summed E-state index contributed by atoms with van der Waals surface area (Å²) in [5, 5.41) is 14.9. The van der Waals surface area contributed by atoms with Gasteiger partial charge in [-0.05, 0) is 65.7 Å². The first-order valence-electron chi connectivity index (χ1n) is 12.2. The fourth-order valence-corrected chi connectivity index (χ4v) is 4.08. The third-order valence-corrected chi connectivity index (χ3v) is 6.24. The van der Waals surface area contributed by atoms with Crippen LogP contribution in [-0.4, -0.2) is 41.2 Å². The second-order valence-electron chi connectivity index (χ2n) is 8.80. The number of amides is 2. The monoisotopic (exact) mass is 539 g/mol. The molecule has 0 spiro atoms. The van der Waals surface area contributed by atoms with Crippen molar-refractivity contribution >= 4 is 18.4 Å². The maximum Gasteiger partial charge on any atom is 0.278 e. The molecule has 4 rings (SSSR count). The number of hydrogen-bond acceptors (Lipinski definition) is 6. The molecule has 0 radical (unpaired) electrons. The lowest BCUT2D eigenvalue weighted by atomic mass is 10.1. The minimum atomic E-state index is -0.647. The summed E-state index contributed by atoms with van der Waals surface area (Å²) in [6.07, 6.45) is 2.06. The molecule has 2 amide bonds. The van der Waals surface area contributed by atoms with Gasteiger partial charge in [-0.2, -0.15) is 5.26 Å². The number of nitriles is 1. The van der Waals surface area contributed by atoms with Crippen LogP contribution in [0.1, 0.15) is 27.9 Å². The average molecular weight is 540 g/mol. The molecule has 0 aliphatic carbocycles. The SMILES string of the molecule is CN/C(=C\c1c(Cc2ccc(F)cc2)[nH]n(-c2ccc(OC)cc2)c1=O)C(=O)N(C=O)Cc1ccc(C#N)cc1. The molecule has 0 aliphatic heterocycles. The standard InChI is InChI=1S/C30H26FN5O4/c1-33-28(30(39)35(19-37)18-22-5-3-21(17-32)4-6-22)16-26-27(15-20-7-9-23(31)10-8-20)34-36(29(26)38)24-11-13-25(40-2)14-12-24/h3-14,16,19,33-34H,15,18H2,1-2H3/b28-16-. The van der Waals surface area contributed by atoms with E-state index in [1.807, 2.05) is 6.07 Å². The van der Waals surface area contributed by atoms with Crippen LogP contribution in [-0.2, 0) is 22.6 Å². The van der Waals surface area contributed by atoms with Crippen LogP contribution in [0.15, 0.2) is 83.3 Å². The Labute approximate surface area is 229 Å². The van der Waals surface area contributed by atoms with E-state index in [0.29, 0.717) is 34.7 Å². The first-order chi connectivity index (χ1) is 19.4. The molecule has 0 saturated heterocycles. The van der Waals surface area contributed by atoms with Crippen molar-refractivity contribution in [2.45, 2.75) is 13.0 Å². The average Bonchev–Trinajstić information content (AvgIpc) is 3.29. The normalized spacial score (nSPS) is 11.0. The van der Waals surface area contributed by atoms with Gasteiger partial charge >= 0.3 is 0 Å². The number of hydrogen-bond donors (Lipinski definition) is 2. The Morgan fingerprint density at radius 3 is 2.30 bits per heavy atom. The van der Waals surface area contributed by atoms with Gasteiger partial charge in [-0.3, -0.25) is 24.4 Å². The molecule has 202 valence electrons. The van der Waals surface area contributed by atoms with Crippen LogP contribution in [0.2, 0.25) is 0 Å². The highest BCUT2D eigenvalue weighted by atomic mass is 19.1. The van der Waals surface area contributed by atoms with E-state index in [1.54, 1.807) is 67.8 Å². The molecule has 1 heterocycles. The summed E-state index contributed by atoms with van der Waals surface area (Å²) in [5.74, 6) is -0.409. The van der Waals surface area contributed by atoms with Gasteiger partial charge in [0.2, 0.25) is 6.41 Å². The van der Waals surface area contributed by atoms with Gasteiger partial charge in [0, 0.05) is 19.2 Å². The first-order valence-corrected chi connectivity index (χ1v) is 12.2. The van der Waals surface area contributed by atoms with Crippen molar-refractivity contribution in [2.75, 3.05) is 14.2 Å². The van der Waals surface area contributed by atoms with Crippen molar-refractivity contribution < 1.29 is 18.7 Å². The van der Waals surface area contributed by atoms with E-state index >= 15 is 0 Å². The van der Waals surface area contributed by atoms with E-state index in [9.17, 15) is 18.8 Å². The maximum atomic E-state index is 13.6. The number of nitrogens with one attached hydrogen (secondary N) is 2. The number of rotatable bonds is 10. The summed E-state index contributed by atoms with van der Waals surface area (Å²) in [5.41, 5.74) is 2.66. The number of ether oxygens (including phenoxy) is 1.